The fraction of sp³-hybridized carbons (Fsp3) is 0.304. The van der Waals surface area contributed by atoms with Crippen molar-refractivity contribution in [3.8, 4) is 0 Å². The molecule has 0 radical (unpaired) electrons. The summed E-state index contributed by atoms with van der Waals surface area (Å²) in [4.78, 5) is 28.6. The van der Waals surface area contributed by atoms with Crippen LogP contribution in [-0.4, -0.2) is 23.3 Å². The van der Waals surface area contributed by atoms with Gasteiger partial charge in [-0.25, -0.2) is 0 Å². The van der Waals surface area contributed by atoms with Gasteiger partial charge in [-0.1, -0.05) is 48.5 Å². The normalized spacial score (nSPS) is 12.5. The number of aromatic amines is 1. The first kappa shape index (κ1) is 19.7. The number of fused-ring (bicyclic) bond motifs is 1. The summed E-state index contributed by atoms with van der Waals surface area (Å²) in [5, 5.41) is 7.00. The molecule has 0 aliphatic carbocycles. The lowest BCUT2D eigenvalue weighted by molar-refractivity contribution is -0.141. The number of para-hydroxylation sites is 1. The summed E-state index contributed by atoms with van der Waals surface area (Å²) in [6, 6.07) is 17.6. The highest BCUT2D eigenvalue weighted by Crippen LogP contribution is 2.20. The first-order valence-electron chi connectivity index (χ1n) is 9.59. The number of rotatable bonds is 7. The van der Waals surface area contributed by atoms with E-state index in [4.69, 9.17) is 0 Å². The number of nitrogens with one attached hydrogen (secondary N) is 3. The lowest BCUT2D eigenvalue weighted by atomic mass is 9.90. The summed E-state index contributed by atoms with van der Waals surface area (Å²) in [5.41, 5.74) is 2.09. The van der Waals surface area contributed by atoms with Crippen LogP contribution in [0.1, 0.15) is 37.9 Å². The molecule has 3 aromatic rings. The molecule has 28 heavy (non-hydrogen) atoms. The number of aromatic nitrogens is 1. The van der Waals surface area contributed by atoms with E-state index in [9.17, 15) is 9.59 Å². The molecule has 0 bridgehead atoms. The van der Waals surface area contributed by atoms with Gasteiger partial charge in [0.15, 0.2) is 0 Å². The zero-order valence-corrected chi connectivity index (χ0v) is 16.6. The summed E-state index contributed by atoms with van der Waals surface area (Å²) in [7, 11) is 0. The lowest BCUT2D eigenvalue weighted by Crippen LogP contribution is -2.48. The largest absolute Gasteiger partial charge is 0.361 e. The second kappa shape index (κ2) is 8.30. The Morgan fingerprint density at radius 2 is 1.68 bits per heavy atom. The van der Waals surface area contributed by atoms with Crippen LogP contribution in [-0.2, 0) is 16.0 Å². The van der Waals surface area contributed by atoms with Crippen molar-refractivity contribution in [2.45, 2.75) is 33.2 Å². The molecule has 0 saturated heterocycles. The van der Waals surface area contributed by atoms with Gasteiger partial charge in [0.05, 0.1) is 6.04 Å². The Bertz CT molecular complexity index is 960. The summed E-state index contributed by atoms with van der Waals surface area (Å²) >= 11 is 0. The third-order valence-corrected chi connectivity index (χ3v) is 5.14. The van der Waals surface area contributed by atoms with E-state index in [0.29, 0.717) is 13.0 Å². The predicted molar refractivity (Wildman–Crippen MR) is 112 cm³/mol. The van der Waals surface area contributed by atoms with E-state index in [2.05, 4.69) is 21.7 Å². The first-order valence-corrected chi connectivity index (χ1v) is 9.59. The zero-order chi connectivity index (χ0) is 20.1. The van der Waals surface area contributed by atoms with E-state index in [-0.39, 0.29) is 17.9 Å². The summed E-state index contributed by atoms with van der Waals surface area (Å²) in [6.45, 7) is 5.70. The molecule has 5 nitrogen and oxygen atoms in total. The molecule has 0 saturated carbocycles. The van der Waals surface area contributed by atoms with Gasteiger partial charge >= 0.3 is 0 Å². The maximum Gasteiger partial charge on any atom is 0.235 e. The Balaban J connectivity index is 1.55. The van der Waals surface area contributed by atoms with E-state index in [1.54, 1.807) is 13.8 Å². The maximum absolute atomic E-state index is 12.7. The van der Waals surface area contributed by atoms with Crippen molar-refractivity contribution in [3.63, 3.8) is 0 Å². The van der Waals surface area contributed by atoms with Crippen molar-refractivity contribution in [1.82, 2.24) is 15.6 Å². The molecule has 1 unspecified atom stereocenters. The summed E-state index contributed by atoms with van der Waals surface area (Å²) < 4.78 is 0. The highest BCUT2D eigenvalue weighted by atomic mass is 16.2. The van der Waals surface area contributed by atoms with Crippen LogP contribution in [0.4, 0.5) is 0 Å². The Labute approximate surface area is 165 Å². The predicted octanol–water partition coefficient (Wildman–Crippen LogP) is 3.73. The number of carbonyl (C=O) groups excluding carboxylic acids is 2. The van der Waals surface area contributed by atoms with Crippen molar-refractivity contribution < 1.29 is 9.59 Å². The molecule has 1 atom stereocenters. The monoisotopic (exact) mass is 377 g/mol. The van der Waals surface area contributed by atoms with Crippen LogP contribution in [0.25, 0.3) is 10.9 Å². The van der Waals surface area contributed by atoms with Gasteiger partial charge in [-0.2, -0.15) is 0 Å². The van der Waals surface area contributed by atoms with Crippen LogP contribution in [0, 0.1) is 5.41 Å². The number of carbonyl (C=O) groups is 2. The number of hydrogen-bond donors (Lipinski definition) is 3. The second-order valence-corrected chi connectivity index (χ2v) is 7.60. The van der Waals surface area contributed by atoms with Gasteiger partial charge < -0.3 is 15.6 Å². The van der Waals surface area contributed by atoms with Crippen LogP contribution in [0.2, 0.25) is 0 Å². The molecular formula is C23H27N3O2. The Hall–Kier alpha value is -3.08. The smallest absolute Gasteiger partial charge is 0.235 e. The molecule has 2 amide bonds. The minimum absolute atomic E-state index is 0.160. The minimum atomic E-state index is -1.15. The molecule has 0 fully saturated rings. The fourth-order valence-corrected chi connectivity index (χ4v) is 3.18. The second-order valence-electron chi connectivity index (χ2n) is 7.60. The number of amides is 2. The van der Waals surface area contributed by atoms with E-state index < -0.39 is 5.41 Å². The highest BCUT2D eigenvalue weighted by Gasteiger charge is 2.36. The Morgan fingerprint density at radius 3 is 2.43 bits per heavy atom. The van der Waals surface area contributed by atoms with Crippen LogP contribution >= 0.6 is 0 Å². The third kappa shape index (κ3) is 4.25. The molecule has 0 aliphatic rings. The van der Waals surface area contributed by atoms with Crippen LogP contribution in [0.15, 0.2) is 60.8 Å². The quantitative estimate of drug-likeness (QED) is 0.549. The molecular weight excluding hydrogens is 350 g/mol. The van der Waals surface area contributed by atoms with Crippen LogP contribution < -0.4 is 10.6 Å². The van der Waals surface area contributed by atoms with Crippen molar-refractivity contribution in [3.05, 3.63) is 71.9 Å². The van der Waals surface area contributed by atoms with E-state index in [1.165, 1.54) is 0 Å². The molecule has 2 aromatic carbocycles. The van der Waals surface area contributed by atoms with Gasteiger partial charge in [-0.15, -0.1) is 0 Å². The molecule has 3 rings (SSSR count). The van der Waals surface area contributed by atoms with E-state index in [1.807, 2.05) is 61.7 Å². The molecule has 146 valence electrons. The topological polar surface area (TPSA) is 74.0 Å². The number of benzene rings is 2. The summed E-state index contributed by atoms with van der Waals surface area (Å²) in [6.07, 6.45) is 2.67. The van der Waals surface area contributed by atoms with Gasteiger partial charge in [0, 0.05) is 23.6 Å². The van der Waals surface area contributed by atoms with Crippen molar-refractivity contribution in [2.24, 2.45) is 5.41 Å². The Kier molecular flexibility index (Phi) is 5.83. The summed E-state index contributed by atoms with van der Waals surface area (Å²) in [5.74, 6) is -0.557. The molecule has 3 N–H and O–H groups in total. The van der Waals surface area contributed by atoms with E-state index in [0.717, 1.165) is 22.0 Å². The van der Waals surface area contributed by atoms with Crippen molar-refractivity contribution >= 4 is 22.7 Å². The van der Waals surface area contributed by atoms with Crippen molar-refractivity contribution in [1.29, 1.82) is 0 Å². The van der Waals surface area contributed by atoms with Gasteiger partial charge in [0.2, 0.25) is 11.8 Å². The van der Waals surface area contributed by atoms with Gasteiger partial charge in [0.1, 0.15) is 5.41 Å². The van der Waals surface area contributed by atoms with Crippen LogP contribution in [0.3, 0.4) is 0 Å². The third-order valence-electron chi connectivity index (χ3n) is 5.14. The molecule has 0 spiro atoms. The maximum atomic E-state index is 12.7. The molecule has 1 aromatic heterocycles. The van der Waals surface area contributed by atoms with Gasteiger partial charge in [0.25, 0.3) is 0 Å². The van der Waals surface area contributed by atoms with Crippen molar-refractivity contribution in [2.75, 3.05) is 6.54 Å². The lowest BCUT2D eigenvalue weighted by Gasteiger charge is -2.25. The molecule has 0 aliphatic heterocycles. The highest BCUT2D eigenvalue weighted by molar-refractivity contribution is 6.04. The van der Waals surface area contributed by atoms with Gasteiger partial charge in [-0.05, 0) is 44.4 Å². The fourth-order valence-electron chi connectivity index (χ4n) is 3.18. The van der Waals surface area contributed by atoms with Crippen LogP contribution in [0.5, 0.6) is 0 Å². The molecule has 1 heterocycles. The van der Waals surface area contributed by atoms with Gasteiger partial charge in [-0.3, -0.25) is 9.59 Å². The minimum Gasteiger partial charge on any atom is -0.361 e. The SMILES string of the molecule is CC(NC(=O)C(C)(C)C(=O)NCCc1c[nH]c2ccccc12)c1ccccc1. The average molecular weight is 377 g/mol. The standard InChI is InChI=1S/C23H27N3O2/c1-16(17-9-5-4-6-10-17)26-22(28)23(2,3)21(27)24-14-13-18-15-25-20-12-8-7-11-19(18)20/h4-12,15-16,25H,13-14H2,1-3H3,(H,24,27)(H,26,28). The average Bonchev–Trinajstić information content (AvgIpc) is 3.11. The number of H-pyrrole nitrogens is 1. The zero-order valence-electron chi connectivity index (χ0n) is 16.6. The first-order chi connectivity index (χ1) is 13.4. The Morgan fingerprint density at radius 1 is 1.00 bits per heavy atom. The number of hydrogen-bond acceptors (Lipinski definition) is 2. The molecule has 5 heteroatoms. The van der Waals surface area contributed by atoms with E-state index >= 15 is 0 Å².